The molecule has 1 amide bonds. The first kappa shape index (κ1) is 18.8. The van der Waals surface area contributed by atoms with Crippen LogP contribution >= 0.6 is 0 Å². The molecule has 0 fully saturated rings. The molecule has 1 atom stereocenters. The second kappa shape index (κ2) is 9.11. The summed E-state index contributed by atoms with van der Waals surface area (Å²) in [6.45, 7) is 8.83. The number of rotatable bonds is 8. The van der Waals surface area contributed by atoms with Crippen molar-refractivity contribution in [1.29, 1.82) is 0 Å². The Morgan fingerprint density at radius 3 is 1.92 bits per heavy atom. The van der Waals surface area contributed by atoms with Gasteiger partial charge in [0.1, 0.15) is 11.5 Å². The van der Waals surface area contributed by atoms with Crippen molar-refractivity contribution < 1.29 is 14.3 Å². The van der Waals surface area contributed by atoms with Crippen molar-refractivity contribution >= 4 is 5.91 Å². The van der Waals surface area contributed by atoms with Crippen molar-refractivity contribution in [3.8, 4) is 11.5 Å². The fourth-order valence-corrected chi connectivity index (χ4v) is 2.48. The smallest absolute Gasteiger partial charge is 0.258 e. The summed E-state index contributed by atoms with van der Waals surface area (Å²) in [5.74, 6) is 1.87. The van der Waals surface area contributed by atoms with E-state index < -0.39 is 0 Å². The predicted octanol–water partition coefficient (Wildman–Crippen LogP) is 4.46. The number of carbonyl (C=O) groups is 1. The minimum absolute atomic E-state index is 0.00238. The van der Waals surface area contributed by atoms with Gasteiger partial charge in [-0.15, -0.1) is 0 Å². The highest BCUT2D eigenvalue weighted by atomic mass is 16.5. The molecule has 0 saturated carbocycles. The Balaban J connectivity index is 1.82. The van der Waals surface area contributed by atoms with Crippen LogP contribution in [0, 0.1) is 0 Å². The summed E-state index contributed by atoms with van der Waals surface area (Å²) in [4.78, 5) is 12.1. The Labute approximate surface area is 150 Å². The number of benzene rings is 2. The summed E-state index contributed by atoms with van der Waals surface area (Å²) < 4.78 is 11.0. The van der Waals surface area contributed by atoms with Crippen LogP contribution in [0.4, 0.5) is 0 Å². The predicted molar refractivity (Wildman–Crippen MR) is 100 cm³/mol. The van der Waals surface area contributed by atoms with E-state index in [9.17, 15) is 4.79 Å². The highest BCUT2D eigenvalue weighted by Gasteiger charge is 2.10. The van der Waals surface area contributed by atoms with E-state index in [2.05, 4.69) is 19.2 Å². The Kier molecular flexibility index (Phi) is 6.87. The fourth-order valence-electron chi connectivity index (χ4n) is 2.48. The van der Waals surface area contributed by atoms with Crippen LogP contribution in [0.5, 0.6) is 11.5 Å². The quantitative estimate of drug-likeness (QED) is 0.771. The lowest BCUT2D eigenvalue weighted by molar-refractivity contribution is -0.123. The lowest BCUT2D eigenvalue weighted by Gasteiger charge is -2.15. The van der Waals surface area contributed by atoms with Gasteiger partial charge < -0.3 is 14.8 Å². The molecule has 4 heteroatoms. The van der Waals surface area contributed by atoms with E-state index in [1.165, 1.54) is 5.56 Å². The van der Waals surface area contributed by atoms with Crippen LogP contribution in [-0.4, -0.2) is 19.1 Å². The molecule has 0 spiro atoms. The van der Waals surface area contributed by atoms with Gasteiger partial charge >= 0.3 is 0 Å². The van der Waals surface area contributed by atoms with E-state index in [4.69, 9.17) is 9.47 Å². The van der Waals surface area contributed by atoms with Crippen LogP contribution in [0.1, 0.15) is 50.8 Å². The highest BCUT2D eigenvalue weighted by molar-refractivity contribution is 5.78. The largest absolute Gasteiger partial charge is 0.494 e. The van der Waals surface area contributed by atoms with Gasteiger partial charge in [-0.2, -0.15) is 0 Å². The van der Waals surface area contributed by atoms with Crippen LogP contribution in [0.25, 0.3) is 0 Å². The SMILES string of the molecule is CCOc1ccc([C@H](C)NC(=O)COc2ccc(C(C)C)cc2)cc1. The van der Waals surface area contributed by atoms with Gasteiger partial charge in [0.2, 0.25) is 0 Å². The molecule has 2 aromatic rings. The zero-order chi connectivity index (χ0) is 18.2. The zero-order valence-corrected chi connectivity index (χ0v) is 15.4. The number of amides is 1. The van der Waals surface area contributed by atoms with Crippen molar-refractivity contribution in [1.82, 2.24) is 5.32 Å². The Bertz CT molecular complexity index is 663. The monoisotopic (exact) mass is 341 g/mol. The first-order valence-electron chi connectivity index (χ1n) is 8.74. The standard InChI is InChI=1S/C21H27NO3/c1-5-24-19-12-8-18(9-13-19)16(4)22-21(23)14-25-20-10-6-17(7-11-20)15(2)3/h6-13,15-16H,5,14H2,1-4H3,(H,22,23)/t16-/m0/s1. The van der Waals surface area contributed by atoms with Crippen molar-refractivity contribution in [3.05, 3.63) is 59.7 Å². The van der Waals surface area contributed by atoms with Gasteiger partial charge in [0.25, 0.3) is 5.91 Å². The molecule has 0 radical (unpaired) electrons. The molecule has 0 unspecified atom stereocenters. The molecule has 4 nitrogen and oxygen atoms in total. The average molecular weight is 341 g/mol. The summed E-state index contributed by atoms with van der Waals surface area (Å²) in [5, 5.41) is 2.94. The van der Waals surface area contributed by atoms with Gasteiger partial charge in [-0.25, -0.2) is 0 Å². The van der Waals surface area contributed by atoms with Crippen LogP contribution in [0.15, 0.2) is 48.5 Å². The average Bonchev–Trinajstić information content (AvgIpc) is 2.61. The number of hydrogen-bond donors (Lipinski definition) is 1. The van der Waals surface area contributed by atoms with E-state index in [-0.39, 0.29) is 18.6 Å². The summed E-state index contributed by atoms with van der Waals surface area (Å²) >= 11 is 0. The third-order valence-corrected chi connectivity index (χ3v) is 3.99. The summed E-state index contributed by atoms with van der Waals surface area (Å²) in [6, 6.07) is 15.5. The second-order valence-electron chi connectivity index (χ2n) is 6.30. The summed E-state index contributed by atoms with van der Waals surface area (Å²) in [7, 11) is 0. The molecule has 0 bridgehead atoms. The van der Waals surface area contributed by atoms with Crippen molar-refractivity contribution in [3.63, 3.8) is 0 Å². The van der Waals surface area contributed by atoms with E-state index in [1.807, 2.05) is 62.4 Å². The Hall–Kier alpha value is -2.49. The first-order chi connectivity index (χ1) is 12.0. The molecular weight excluding hydrogens is 314 g/mol. The molecule has 0 aromatic heterocycles. The summed E-state index contributed by atoms with van der Waals surface area (Å²) in [6.07, 6.45) is 0. The number of nitrogens with one attached hydrogen (secondary N) is 1. The molecule has 2 aromatic carbocycles. The molecule has 0 heterocycles. The first-order valence-corrected chi connectivity index (χ1v) is 8.74. The Morgan fingerprint density at radius 2 is 1.40 bits per heavy atom. The molecule has 134 valence electrons. The molecule has 25 heavy (non-hydrogen) atoms. The molecule has 0 aliphatic rings. The van der Waals surface area contributed by atoms with Gasteiger partial charge in [0.05, 0.1) is 12.6 Å². The number of carbonyl (C=O) groups excluding carboxylic acids is 1. The molecule has 0 saturated heterocycles. The van der Waals surface area contributed by atoms with Crippen molar-refractivity contribution in [2.75, 3.05) is 13.2 Å². The molecule has 1 N–H and O–H groups in total. The van der Waals surface area contributed by atoms with Gasteiger partial charge in [-0.1, -0.05) is 38.1 Å². The number of hydrogen-bond acceptors (Lipinski definition) is 3. The molecule has 2 rings (SSSR count). The van der Waals surface area contributed by atoms with Crippen molar-refractivity contribution in [2.45, 2.75) is 39.7 Å². The van der Waals surface area contributed by atoms with Gasteiger partial charge in [-0.05, 0) is 55.2 Å². The van der Waals surface area contributed by atoms with Crippen LogP contribution in [0.2, 0.25) is 0 Å². The maximum Gasteiger partial charge on any atom is 0.258 e. The highest BCUT2D eigenvalue weighted by Crippen LogP contribution is 2.19. The third-order valence-electron chi connectivity index (χ3n) is 3.99. The maximum atomic E-state index is 12.1. The third kappa shape index (κ3) is 5.82. The van der Waals surface area contributed by atoms with Crippen LogP contribution in [0.3, 0.4) is 0 Å². The van der Waals surface area contributed by atoms with Crippen LogP contribution < -0.4 is 14.8 Å². The van der Waals surface area contributed by atoms with E-state index >= 15 is 0 Å². The maximum absolute atomic E-state index is 12.1. The minimum atomic E-state index is -0.144. The number of ether oxygens (including phenoxy) is 2. The van der Waals surface area contributed by atoms with E-state index in [0.717, 1.165) is 11.3 Å². The van der Waals surface area contributed by atoms with Crippen molar-refractivity contribution in [2.24, 2.45) is 0 Å². The van der Waals surface area contributed by atoms with Crippen LogP contribution in [-0.2, 0) is 4.79 Å². The van der Waals surface area contributed by atoms with E-state index in [0.29, 0.717) is 18.3 Å². The normalized spacial score (nSPS) is 11.9. The van der Waals surface area contributed by atoms with Gasteiger partial charge in [0, 0.05) is 0 Å². The van der Waals surface area contributed by atoms with E-state index in [1.54, 1.807) is 0 Å². The van der Waals surface area contributed by atoms with Gasteiger partial charge in [0.15, 0.2) is 6.61 Å². The summed E-state index contributed by atoms with van der Waals surface area (Å²) in [5.41, 5.74) is 2.28. The Morgan fingerprint density at radius 1 is 0.880 bits per heavy atom. The fraction of sp³-hybridized carbons (Fsp3) is 0.381. The lowest BCUT2D eigenvalue weighted by atomic mass is 10.0. The zero-order valence-electron chi connectivity index (χ0n) is 15.4. The molecule has 0 aliphatic carbocycles. The minimum Gasteiger partial charge on any atom is -0.494 e. The topological polar surface area (TPSA) is 47.6 Å². The second-order valence-corrected chi connectivity index (χ2v) is 6.30. The molecular formula is C21H27NO3. The molecule has 0 aliphatic heterocycles. The lowest BCUT2D eigenvalue weighted by Crippen LogP contribution is -2.31. The van der Waals surface area contributed by atoms with Gasteiger partial charge in [-0.3, -0.25) is 4.79 Å².